The third kappa shape index (κ3) is 5.28. The van der Waals surface area contributed by atoms with Crippen LogP contribution in [0.25, 0.3) is 0 Å². The monoisotopic (exact) mass is 380 g/mol. The van der Waals surface area contributed by atoms with Crippen molar-refractivity contribution < 1.29 is 9.53 Å². The maximum atomic E-state index is 12.4. The van der Waals surface area contributed by atoms with Crippen LogP contribution in [0.5, 0.6) is 5.75 Å². The lowest BCUT2D eigenvalue weighted by Crippen LogP contribution is -2.44. The Morgan fingerprint density at radius 2 is 1.50 bits per heavy atom. The number of ether oxygens (including phenoxy) is 1. The van der Waals surface area contributed by atoms with Gasteiger partial charge in [-0.1, -0.05) is 44.2 Å². The van der Waals surface area contributed by atoms with Gasteiger partial charge in [-0.2, -0.15) is 0 Å². The van der Waals surface area contributed by atoms with Crippen molar-refractivity contribution in [3.05, 3.63) is 64.7 Å². The highest BCUT2D eigenvalue weighted by Gasteiger charge is 2.15. The van der Waals surface area contributed by atoms with Gasteiger partial charge >= 0.3 is 6.03 Å². The van der Waals surface area contributed by atoms with Crippen molar-refractivity contribution >= 4 is 6.03 Å². The first-order chi connectivity index (χ1) is 13.4. The van der Waals surface area contributed by atoms with Gasteiger partial charge in [0.2, 0.25) is 0 Å². The Morgan fingerprint density at radius 1 is 0.857 bits per heavy atom. The zero-order valence-corrected chi connectivity index (χ0v) is 17.4. The summed E-state index contributed by atoms with van der Waals surface area (Å²) < 4.78 is 5.81. The molecule has 0 aliphatic heterocycles. The van der Waals surface area contributed by atoms with E-state index in [4.69, 9.17) is 4.74 Å². The molecule has 0 spiro atoms. The summed E-state index contributed by atoms with van der Waals surface area (Å²) in [5, 5.41) is 5.87. The van der Waals surface area contributed by atoms with E-state index in [-0.39, 0.29) is 12.1 Å². The Bertz CT molecular complexity index is 799. The maximum absolute atomic E-state index is 12.4. The standard InChI is InChI=1S/C24H32N2O2/c1-16(2)19-11-13-23(14-12-19)28-18(4)26-24(27)25-17(3)21-10-9-20-7-5-6-8-22(20)15-21/h9-18H,5-8H2,1-4H3,(H2,25,26,27). The van der Waals surface area contributed by atoms with Crippen LogP contribution < -0.4 is 15.4 Å². The van der Waals surface area contributed by atoms with Crippen LogP contribution in [0.15, 0.2) is 42.5 Å². The summed E-state index contributed by atoms with van der Waals surface area (Å²) in [5.41, 5.74) is 5.30. The Balaban J connectivity index is 1.51. The summed E-state index contributed by atoms with van der Waals surface area (Å²) in [5.74, 6) is 1.24. The molecule has 28 heavy (non-hydrogen) atoms. The first-order valence-electron chi connectivity index (χ1n) is 10.4. The quantitative estimate of drug-likeness (QED) is 0.653. The molecule has 1 aliphatic carbocycles. The predicted octanol–water partition coefficient (Wildman–Crippen LogP) is 5.47. The highest BCUT2D eigenvalue weighted by atomic mass is 16.5. The molecule has 0 saturated carbocycles. The zero-order valence-electron chi connectivity index (χ0n) is 17.4. The number of fused-ring (bicyclic) bond motifs is 1. The molecule has 2 unspecified atom stereocenters. The van der Waals surface area contributed by atoms with Gasteiger partial charge in [-0.3, -0.25) is 0 Å². The molecule has 4 nitrogen and oxygen atoms in total. The molecule has 2 aromatic rings. The van der Waals surface area contributed by atoms with Gasteiger partial charge in [0.15, 0.2) is 6.23 Å². The molecule has 4 heteroatoms. The summed E-state index contributed by atoms with van der Waals surface area (Å²) in [7, 11) is 0. The fraction of sp³-hybridized carbons (Fsp3) is 0.458. The third-order valence-corrected chi connectivity index (χ3v) is 5.41. The SMILES string of the molecule is CC(NC(=O)NC(C)c1ccc2c(c1)CCCC2)Oc1ccc(C(C)C)cc1. The molecule has 0 saturated heterocycles. The highest BCUT2D eigenvalue weighted by Crippen LogP contribution is 2.25. The molecular weight excluding hydrogens is 348 g/mol. The van der Waals surface area contributed by atoms with Crippen LogP contribution in [0.1, 0.15) is 74.8 Å². The Labute approximate surface area is 168 Å². The topological polar surface area (TPSA) is 50.4 Å². The van der Waals surface area contributed by atoms with E-state index in [1.54, 1.807) is 0 Å². The molecule has 150 valence electrons. The Kier molecular flexibility index (Phi) is 6.61. The third-order valence-electron chi connectivity index (χ3n) is 5.41. The summed E-state index contributed by atoms with van der Waals surface area (Å²) in [6.45, 7) is 8.17. The lowest BCUT2D eigenvalue weighted by atomic mass is 9.89. The van der Waals surface area contributed by atoms with Crippen molar-refractivity contribution in [3.63, 3.8) is 0 Å². The number of aryl methyl sites for hydroxylation is 2. The van der Waals surface area contributed by atoms with E-state index >= 15 is 0 Å². The van der Waals surface area contributed by atoms with E-state index in [2.05, 4.69) is 54.8 Å². The number of hydrogen-bond acceptors (Lipinski definition) is 2. The van der Waals surface area contributed by atoms with E-state index < -0.39 is 6.23 Å². The molecule has 0 radical (unpaired) electrons. The zero-order chi connectivity index (χ0) is 20.1. The van der Waals surface area contributed by atoms with Crippen molar-refractivity contribution in [1.82, 2.24) is 10.6 Å². The van der Waals surface area contributed by atoms with Crippen LogP contribution in [-0.4, -0.2) is 12.3 Å². The van der Waals surface area contributed by atoms with Gasteiger partial charge in [0.1, 0.15) is 5.75 Å². The van der Waals surface area contributed by atoms with Crippen molar-refractivity contribution in [2.24, 2.45) is 0 Å². The number of nitrogens with one attached hydrogen (secondary N) is 2. The second kappa shape index (κ2) is 9.13. The van der Waals surface area contributed by atoms with Gasteiger partial charge in [0, 0.05) is 0 Å². The molecule has 0 heterocycles. The van der Waals surface area contributed by atoms with Crippen LogP contribution in [0.2, 0.25) is 0 Å². The summed E-state index contributed by atoms with van der Waals surface area (Å²) >= 11 is 0. The van der Waals surface area contributed by atoms with E-state index in [1.165, 1.54) is 36.0 Å². The number of carbonyl (C=O) groups excluding carboxylic acids is 1. The molecule has 3 rings (SSSR count). The first-order valence-corrected chi connectivity index (χ1v) is 10.4. The number of amides is 2. The van der Waals surface area contributed by atoms with Crippen LogP contribution in [0.3, 0.4) is 0 Å². The van der Waals surface area contributed by atoms with Gasteiger partial charge in [0.05, 0.1) is 6.04 Å². The second-order valence-electron chi connectivity index (χ2n) is 8.06. The molecule has 0 bridgehead atoms. The van der Waals surface area contributed by atoms with Gasteiger partial charge in [0.25, 0.3) is 0 Å². The number of carbonyl (C=O) groups is 1. The van der Waals surface area contributed by atoms with Crippen molar-refractivity contribution in [3.8, 4) is 5.75 Å². The van der Waals surface area contributed by atoms with E-state index in [9.17, 15) is 4.79 Å². The minimum atomic E-state index is -0.416. The van der Waals surface area contributed by atoms with Gasteiger partial charge in [-0.15, -0.1) is 0 Å². The van der Waals surface area contributed by atoms with Crippen LogP contribution in [0, 0.1) is 0 Å². The molecule has 1 aliphatic rings. The summed E-state index contributed by atoms with van der Waals surface area (Å²) in [4.78, 5) is 12.4. The van der Waals surface area contributed by atoms with Crippen LogP contribution >= 0.6 is 0 Å². The fourth-order valence-electron chi connectivity index (χ4n) is 3.69. The molecule has 0 fully saturated rings. The van der Waals surface area contributed by atoms with E-state index in [1.807, 2.05) is 26.0 Å². The molecule has 2 atom stereocenters. The Morgan fingerprint density at radius 3 is 2.18 bits per heavy atom. The van der Waals surface area contributed by atoms with Crippen molar-refractivity contribution in [2.45, 2.75) is 71.6 Å². The maximum Gasteiger partial charge on any atom is 0.318 e. The minimum Gasteiger partial charge on any atom is -0.471 e. The molecule has 2 amide bonds. The lowest BCUT2D eigenvalue weighted by Gasteiger charge is -2.22. The normalized spacial score (nSPS) is 15.5. The fourth-order valence-corrected chi connectivity index (χ4v) is 3.69. The van der Waals surface area contributed by atoms with Gasteiger partial charge in [-0.05, 0) is 79.8 Å². The molecular formula is C24H32N2O2. The van der Waals surface area contributed by atoms with Crippen LogP contribution in [-0.2, 0) is 12.8 Å². The number of rotatable bonds is 6. The summed E-state index contributed by atoms with van der Waals surface area (Å²) in [6, 6.07) is 14.3. The highest BCUT2D eigenvalue weighted by molar-refractivity contribution is 5.74. The molecule has 0 aromatic heterocycles. The van der Waals surface area contributed by atoms with Crippen molar-refractivity contribution in [1.29, 1.82) is 0 Å². The van der Waals surface area contributed by atoms with Gasteiger partial charge < -0.3 is 15.4 Å². The Hall–Kier alpha value is -2.49. The molecule has 2 N–H and O–H groups in total. The average molecular weight is 381 g/mol. The van der Waals surface area contributed by atoms with E-state index in [0.29, 0.717) is 5.92 Å². The average Bonchev–Trinajstić information content (AvgIpc) is 2.67. The number of benzene rings is 2. The predicted molar refractivity (Wildman–Crippen MR) is 114 cm³/mol. The summed E-state index contributed by atoms with van der Waals surface area (Å²) in [6.07, 6.45) is 4.43. The van der Waals surface area contributed by atoms with Crippen LogP contribution in [0.4, 0.5) is 4.79 Å². The van der Waals surface area contributed by atoms with Gasteiger partial charge in [-0.25, -0.2) is 4.79 Å². The smallest absolute Gasteiger partial charge is 0.318 e. The number of urea groups is 1. The second-order valence-corrected chi connectivity index (χ2v) is 8.06. The minimum absolute atomic E-state index is 0.0512. The first kappa shape index (κ1) is 20.2. The lowest BCUT2D eigenvalue weighted by molar-refractivity contribution is 0.175. The van der Waals surface area contributed by atoms with E-state index in [0.717, 1.165) is 17.7 Å². The largest absolute Gasteiger partial charge is 0.471 e. The number of hydrogen-bond donors (Lipinski definition) is 2. The molecule has 2 aromatic carbocycles. The van der Waals surface area contributed by atoms with Crippen molar-refractivity contribution in [2.75, 3.05) is 0 Å².